The fourth-order valence-electron chi connectivity index (χ4n) is 1.19. The van der Waals surface area contributed by atoms with Gasteiger partial charge in [0.25, 0.3) is 5.91 Å². The summed E-state index contributed by atoms with van der Waals surface area (Å²) < 4.78 is 0. The number of carbonyl (C=O) groups excluding carboxylic acids is 1. The van der Waals surface area contributed by atoms with Crippen molar-refractivity contribution in [1.29, 1.82) is 0 Å². The lowest BCUT2D eigenvalue weighted by molar-refractivity contribution is 0.0915. The van der Waals surface area contributed by atoms with Crippen molar-refractivity contribution in [3.8, 4) is 0 Å². The molecule has 1 amide bonds. The van der Waals surface area contributed by atoms with E-state index < -0.39 is 0 Å². The molecule has 16 heavy (non-hydrogen) atoms. The van der Waals surface area contributed by atoms with Gasteiger partial charge in [-0.05, 0) is 18.6 Å². The molecule has 0 unspecified atom stereocenters. The summed E-state index contributed by atoms with van der Waals surface area (Å²) in [5, 5.41) is 4.46. The highest BCUT2D eigenvalue weighted by molar-refractivity contribution is 9.09. The van der Waals surface area contributed by atoms with E-state index in [1.165, 1.54) is 0 Å². The largest absolute Gasteiger partial charge is 0.345 e. The number of nitrogens with zero attached hydrogens (tertiary/aromatic N) is 1. The second kappa shape index (κ2) is 6.35. The Morgan fingerprint density at radius 2 is 2.19 bits per heavy atom. The summed E-state index contributed by atoms with van der Waals surface area (Å²) in [6, 6.07) is 3.51. The average Bonchev–Trinajstić information content (AvgIpc) is 2.37. The number of hydrogen-bond donors (Lipinski definition) is 1. The van der Waals surface area contributed by atoms with Crippen LogP contribution in [0.25, 0.3) is 0 Å². The number of pyridine rings is 1. The van der Waals surface area contributed by atoms with Gasteiger partial charge in [0.2, 0.25) is 0 Å². The molecule has 0 aliphatic heterocycles. The Balaban J connectivity index is 2.77. The van der Waals surface area contributed by atoms with Crippen LogP contribution in [0.2, 0.25) is 0 Å². The van der Waals surface area contributed by atoms with Crippen LogP contribution < -0.4 is 5.32 Å². The first-order valence-corrected chi connectivity index (χ1v) is 7.26. The molecule has 88 valence electrons. The number of carbonyl (C=O) groups is 1. The zero-order valence-electron chi connectivity index (χ0n) is 9.04. The van der Waals surface area contributed by atoms with Crippen LogP contribution in [0.1, 0.15) is 23.7 Å². The van der Waals surface area contributed by atoms with Gasteiger partial charge in [0.1, 0.15) is 0 Å². The van der Waals surface area contributed by atoms with Crippen LogP contribution in [-0.2, 0) is 0 Å². The van der Waals surface area contributed by atoms with E-state index in [0.29, 0.717) is 16.2 Å². The Hall–Kier alpha value is -0.420. The third-order valence-corrected chi connectivity index (χ3v) is 4.64. The lowest BCUT2D eigenvalue weighted by Gasteiger charge is -2.29. The Bertz CT molecular complexity index is 331. The zero-order valence-corrected chi connectivity index (χ0v) is 12.2. The van der Waals surface area contributed by atoms with E-state index in [9.17, 15) is 4.79 Å². The van der Waals surface area contributed by atoms with Gasteiger partial charge in [-0.3, -0.25) is 9.78 Å². The van der Waals surface area contributed by atoms with Gasteiger partial charge in [0.15, 0.2) is 0 Å². The van der Waals surface area contributed by atoms with Crippen molar-refractivity contribution in [3.05, 3.63) is 30.1 Å². The summed E-state index contributed by atoms with van der Waals surface area (Å²) >= 11 is 6.87. The number of halogens is 2. The molecular formula is C11H14Br2N2O. The number of aromatic nitrogens is 1. The van der Waals surface area contributed by atoms with E-state index in [-0.39, 0.29) is 11.4 Å². The quantitative estimate of drug-likeness (QED) is 0.830. The van der Waals surface area contributed by atoms with E-state index in [2.05, 4.69) is 42.2 Å². The molecule has 5 heteroatoms. The van der Waals surface area contributed by atoms with E-state index in [4.69, 9.17) is 0 Å². The van der Waals surface area contributed by atoms with Crippen LogP contribution in [-0.4, -0.2) is 27.1 Å². The van der Waals surface area contributed by atoms with Crippen LogP contribution in [0.4, 0.5) is 0 Å². The second-order valence-corrected chi connectivity index (χ2v) is 4.72. The summed E-state index contributed by atoms with van der Waals surface area (Å²) in [7, 11) is 0. The third kappa shape index (κ3) is 3.28. The van der Waals surface area contributed by atoms with Gasteiger partial charge in [0.05, 0.1) is 11.1 Å². The van der Waals surface area contributed by atoms with Crippen molar-refractivity contribution in [3.63, 3.8) is 0 Å². The molecule has 0 saturated carbocycles. The minimum absolute atomic E-state index is 0.0890. The molecular weight excluding hydrogens is 336 g/mol. The van der Waals surface area contributed by atoms with Crippen molar-refractivity contribution in [2.24, 2.45) is 0 Å². The van der Waals surface area contributed by atoms with Gasteiger partial charge in [-0.15, -0.1) is 0 Å². The monoisotopic (exact) mass is 348 g/mol. The zero-order chi connectivity index (χ0) is 12.0. The maximum absolute atomic E-state index is 11.9. The second-order valence-electron chi connectivity index (χ2n) is 3.60. The Morgan fingerprint density at radius 3 is 2.62 bits per heavy atom. The first-order chi connectivity index (χ1) is 7.67. The average molecular weight is 350 g/mol. The maximum Gasteiger partial charge on any atom is 0.253 e. The molecule has 0 bridgehead atoms. The standard InChI is InChI=1S/C11H14Br2N2O/c1-2-11(7-12,8-13)15-10(16)9-4-3-5-14-6-9/h3-6H,2,7-8H2,1H3,(H,15,16). The van der Waals surface area contributed by atoms with Gasteiger partial charge in [-0.2, -0.15) is 0 Å². The Kier molecular flexibility index (Phi) is 5.41. The van der Waals surface area contributed by atoms with Gasteiger partial charge in [-0.25, -0.2) is 0 Å². The number of rotatable bonds is 5. The summed E-state index contributed by atoms with van der Waals surface area (Å²) in [5.74, 6) is -0.0890. The fraction of sp³-hybridized carbons (Fsp3) is 0.455. The van der Waals surface area contributed by atoms with Crippen molar-refractivity contribution in [2.45, 2.75) is 18.9 Å². The SMILES string of the molecule is CCC(CBr)(CBr)NC(=O)c1cccnc1. The molecule has 0 spiro atoms. The van der Waals surface area contributed by atoms with E-state index in [1.807, 2.05) is 6.92 Å². The summed E-state index contributed by atoms with van der Waals surface area (Å²) in [4.78, 5) is 15.9. The van der Waals surface area contributed by atoms with Gasteiger partial charge < -0.3 is 5.32 Å². The predicted octanol–water partition coefficient (Wildman–Crippen LogP) is 2.75. The number of nitrogens with one attached hydrogen (secondary N) is 1. The highest BCUT2D eigenvalue weighted by atomic mass is 79.9. The first kappa shape index (κ1) is 13.6. The molecule has 0 radical (unpaired) electrons. The number of amides is 1. The Morgan fingerprint density at radius 1 is 1.50 bits per heavy atom. The highest BCUT2D eigenvalue weighted by Crippen LogP contribution is 2.17. The molecule has 0 saturated heterocycles. The van der Waals surface area contributed by atoms with Crippen molar-refractivity contribution >= 4 is 37.8 Å². The molecule has 1 rings (SSSR count). The minimum atomic E-state index is -0.243. The lowest BCUT2D eigenvalue weighted by Crippen LogP contribution is -2.51. The van der Waals surface area contributed by atoms with Crippen LogP contribution in [0.5, 0.6) is 0 Å². The molecule has 3 nitrogen and oxygen atoms in total. The molecule has 0 aliphatic carbocycles. The number of hydrogen-bond acceptors (Lipinski definition) is 2. The van der Waals surface area contributed by atoms with Crippen LogP contribution in [0.15, 0.2) is 24.5 Å². The first-order valence-electron chi connectivity index (χ1n) is 5.02. The summed E-state index contributed by atoms with van der Waals surface area (Å²) in [6.45, 7) is 2.05. The molecule has 0 atom stereocenters. The maximum atomic E-state index is 11.9. The molecule has 0 aliphatic rings. The van der Waals surface area contributed by atoms with Gasteiger partial charge in [0, 0.05) is 23.1 Å². The molecule has 0 aromatic carbocycles. The van der Waals surface area contributed by atoms with E-state index in [1.54, 1.807) is 24.5 Å². The van der Waals surface area contributed by atoms with Crippen molar-refractivity contribution in [2.75, 3.05) is 10.7 Å². The Labute approximate surface area is 112 Å². The molecule has 1 N–H and O–H groups in total. The lowest BCUT2D eigenvalue weighted by atomic mass is 10.0. The van der Waals surface area contributed by atoms with Crippen LogP contribution >= 0.6 is 31.9 Å². The van der Waals surface area contributed by atoms with E-state index in [0.717, 1.165) is 6.42 Å². The smallest absolute Gasteiger partial charge is 0.253 e. The van der Waals surface area contributed by atoms with Gasteiger partial charge >= 0.3 is 0 Å². The van der Waals surface area contributed by atoms with Crippen molar-refractivity contribution < 1.29 is 4.79 Å². The van der Waals surface area contributed by atoms with Crippen LogP contribution in [0, 0.1) is 0 Å². The molecule has 1 aromatic rings. The topological polar surface area (TPSA) is 42.0 Å². The fourth-order valence-corrected chi connectivity index (χ4v) is 3.19. The minimum Gasteiger partial charge on any atom is -0.345 e. The highest BCUT2D eigenvalue weighted by Gasteiger charge is 2.27. The summed E-state index contributed by atoms with van der Waals surface area (Å²) in [5.41, 5.74) is 0.342. The normalized spacial score (nSPS) is 11.2. The van der Waals surface area contributed by atoms with Crippen molar-refractivity contribution in [1.82, 2.24) is 10.3 Å². The third-order valence-electron chi connectivity index (χ3n) is 2.49. The van der Waals surface area contributed by atoms with Crippen LogP contribution in [0.3, 0.4) is 0 Å². The number of alkyl halides is 2. The summed E-state index contributed by atoms with van der Waals surface area (Å²) in [6.07, 6.45) is 4.08. The van der Waals surface area contributed by atoms with Gasteiger partial charge in [-0.1, -0.05) is 38.8 Å². The molecule has 1 heterocycles. The molecule has 0 fully saturated rings. The van der Waals surface area contributed by atoms with E-state index >= 15 is 0 Å². The predicted molar refractivity (Wildman–Crippen MR) is 72.3 cm³/mol. The molecule has 1 aromatic heterocycles.